The van der Waals surface area contributed by atoms with Crippen molar-refractivity contribution in [3.05, 3.63) is 103 Å². The number of carbonyl (C=O) groups excluding carboxylic acids is 6. The van der Waals surface area contributed by atoms with Crippen LogP contribution in [-0.4, -0.2) is 172 Å². The SMILES string of the molecule is O=C1OC2C(O)=C(O)C3=C4C(=O)OC5C(O)=C(O)C(=C1C5=C42)c1cc(c(O)c(O)c1O)C(=O)OCC1OC(O)C2OC(=O)c4cc(O)c(O)c(O)c4-c4c(cc(O)c(O)c4O)C(=O)OC2C1OC(=O)c1cc(O)c(O)c(O)c13. The number of esters is 6. The van der Waals surface area contributed by atoms with Crippen LogP contribution >= 0.6 is 0 Å². The molecule has 17 N–H and O–H groups in total. The number of rotatable bonds is 0. The van der Waals surface area contributed by atoms with Crippen molar-refractivity contribution in [2.75, 3.05) is 6.61 Å². The molecule has 78 heavy (non-hydrogen) atoms. The highest BCUT2D eigenvalue weighted by Crippen LogP contribution is 2.58. The van der Waals surface area contributed by atoms with Gasteiger partial charge in [-0.2, -0.15) is 0 Å². The fourth-order valence-corrected chi connectivity index (χ4v) is 9.99. The molecule has 1 saturated heterocycles. The number of benzene rings is 4. The zero-order valence-corrected chi connectivity index (χ0v) is 38.0. The van der Waals surface area contributed by atoms with Crippen LogP contribution < -0.4 is 0 Å². The third-order valence-electron chi connectivity index (χ3n) is 13.5. The molecule has 7 aliphatic rings. The maximum atomic E-state index is 15.0. The Morgan fingerprint density at radius 2 is 0.769 bits per heavy atom. The minimum absolute atomic E-state index is 0.301. The molecule has 0 saturated carbocycles. The molecule has 0 radical (unpaired) electrons. The number of ether oxygens (including phenoxy) is 7. The summed E-state index contributed by atoms with van der Waals surface area (Å²) in [6.45, 7) is -1.43. The van der Waals surface area contributed by atoms with Crippen LogP contribution in [0.15, 0.2) is 69.6 Å². The Morgan fingerprint density at radius 3 is 1.27 bits per heavy atom. The Kier molecular flexibility index (Phi) is 10.5. The van der Waals surface area contributed by atoms with Gasteiger partial charge in [0.15, 0.2) is 106 Å². The zero-order chi connectivity index (χ0) is 56.3. The Morgan fingerprint density at radius 1 is 0.359 bits per heavy atom. The lowest BCUT2D eigenvalue weighted by Gasteiger charge is -2.43. The average molecular weight is 1090 g/mol. The van der Waals surface area contributed by atoms with Gasteiger partial charge in [-0.15, -0.1) is 0 Å². The van der Waals surface area contributed by atoms with Crippen molar-refractivity contribution in [2.24, 2.45) is 0 Å². The number of carbonyl (C=O) groups is 6. The van der Waals surface area contributed by atoms with Crippen LogP contribution in [0.1, 0.15) is 52.6 Å². The molecule has 7 atom stereocenters. The molecule has 0 aromatic heterocycles. The molecule has 5 heterocycles. The largest absolute Gasteiger partial charge is 0.505 e. The number of hydrogen-bond donors (Lipinski definition) is 17. The zero-order valence-electron chi connectivity index (χ0n) is 38.0. The van der Waals surface area contributed by atoms with Crippen LogP contribution in [0.3, 0.4) is 0 Å². The first kappa shape index (κ1) is 49.3. The van der Waals surface area contributed by atoms with E-state index in [0.29, 0.717) is 24.3 Å². The van der Waals surface area contributed by atoms with E-state index in [9.17, 15) is 116 Å². The van der Waals surface area contributed by atoms with Crippen LogP contribution in [0.5, 0.6) is 69.0 Å². The Balaban J connectivity index is 1.18. The van der Waals surface area contributed by atoms with E-state index in [-0.39, 0.29) is 0 Å². The van der Waals surface area contributed by atoms with Crippen LogP contribution in [0.25, 0.3) is 22.3 Å². The lowest BCUT2D eigenvalue weighted by atomic mass is 9.72. The molecule has 30 nitrogen and oxygen atoms in total. The topological polar surface area (TPSA) is 511 Å². The normalized spacial score (nSPS) is 24.6. The predicted molar refractivity (Wildman–Crippen MR) is 239 cm³/mol. The van der Waals surface area contributed by atoms with Gasteiger partial charge in [0.2, 0.25) is 23.0 Å². The molecule has 8 bridgehead atoms. The van der Waals surface area contributed by atoms with Gasteiger partial charge in [-0.25, -0.2) is 28.8 Å². The summed E-state index contributed by atoms with van der Waals surface area (Å²) in [5.41, 5.74) is -15.2. The van der Waals surface area contributed by atoms with Crippen LogP contribution in [0.2, 0.25) is 0 Å². The van der Waals surface area contributed by atoms with Crippen molar-refractivity contribution in [2.45, 2.75) is 42.9 Å². The van der Waals surface area contributed by atoms with E-state index < -0.39 is 255 Å². The first-order chi connectivity index (χ1) is 36.8. The second-order valence-corrected chi connectivity index (χ2v) is 17.7. The van der Waals surface area contributed by atoms with Crippen molar-refractivity contribution in [1.29, 1.82) is 0 Å². The number of aliphatic hydroxyl groups excluding tert-OH is 5. The second kappa shape index (κ2) is 16.6. The van der Waals surface area contributed by atoms with E-state index >= 15 is 0 Å². The third-order valence-corrected chi connectivity index (χ3v) is 13.5. The molecule has 7 unspecified atom stereocenters. The Labute approximate surface area is 427 Å². The number of cyclic esters (lactones) is 1. The summed E-state index contributed by atoms with van der Waals surface area (Å²) >= 11 is 0. The molecular formula is C48H30O30. The number of phenolic OH excluding ortho intramolecular Hbond substituents is 12. The van der Waals surface area contributed by atoms with E-state index in [0.717, 1.165) is 0 Å². The molecular weight excluding hydrogens is 1060 g/mol. The molecule has 0 amide bonds. The standard InChI is InChI=1S/C48H30O30/c49-11-2-7-16(29(57)26(11)54)17-8(3-12(50)27(55)30(17)58)45(68)78-41-40(77-44(7)67)37-14(73-48(41)71)5-72-42(65)10-1-6(24(52)34(62)25(10)53)15-22-20-21-23(47(70)76-38(20)35(63)32(15)60)19(33(61)36(64)39(21)75-46(22)69)18-9(43(66)74-37)4-13(51)28(56)31(18)59/h1-4,14,37-41,48-64,71H,5H2. The van der Waals surface area contributed by atoms with Gasteiger partial charge in [-0.05, 0) is 24.3 Å². The fourth-order valence-electron chi connectivity index (χ4n) is 9.99. The van der Waals surface area contributed by atoms with Crippen molar-refractivity contribution in [3.8, 4) is 80.1 Å². The van der Waals surface area contributed by atoms with Gasteiger partial charge in [-0.1, -0.05) is 0 Å². The summed E-state index contributed by atoms with van der Waals surface area (Å²) in [4.78, 5) is 86.2. The van der Waals surface area contributed by atoms with E-state index in [1.165, 1.54) is 0 Å². The maximum absolute atomic E-state index is 15.0. The maximum Gasteiger partial charge on any atom is 0.342 e. The lowest BCUT2D eigenvalue weighted by molar-refractivity contribution is -0.284. The molecule has 2 aliphatic carbocycles. The number of fused-ring (bicyclic) bond motifs is 11. The third kappa shape index (κ3) is 6.55. The van der Waals surface area contributed by atoms with E-state index in [1.807, 2.05) is 0 Å². The van der Waals surface area contributed by atoms with Gasteiger partial charge in [0.1, 0.15) is 18.3 Å². The average Bonchev–Trinajstić information content (AvgIpc) is 3.43. The van der Waals surface area contributed by atoms with Gasteiger partial charge < -0.3 is 120 Å². The number of aliphatic hydroxyl groups is 5. The molecule has 1 fully saturated rings. The lowest BCUT2D eigenvalue weighted by Crippen LogP contribution is -2.62. The van der Waals surface area contributed by atoms with Crippen LogP contribution in [0.4, 0.5) is 0 Å². The number of phenols is 12. The number of hydrogen-bond acceptors (Lipinski definition) is 30. The van der Waals surface area contributed by atoms with Gasteiger partial charge in [0, 0.05) is 44.5 Å². The minimum atomic E-state index is -2.68. The highest BCUT2D eigenvalue weighted by atomic mass is 16.7. The molecule has 30 heteroatoms. The number of allylic oxidation sites excluding steroid dienone is 2. The van der Waals surface area contributed by atoms with Gasteiger partial charge in [-0.3, -0.25) is 0 Å². The molecule has 5 aliphatic heterocycles. The predicted octanol–water partition coefficient (Wildman–Crippen LogP) is 1.04. The first-order valence-corrected chi connectivity index (χ1v) is 21.9. The van der Waals surface area contributed by atoms with Crippen molar-refractivity contribution >= 4 is 47.0 Å². The number of aromatic hydroxyl groups is 12. The second-order valence-electron chi connectivity index (χ2n) is 17.7. The summed E-state index contributed by atoms with van der Waals surface area (Å²) in [6.07, 6.45) is -17.4. The molecule has 4 aromatic carbocycles. The molecule has 11 rings (SSSR count). The van der Waals surface area contributed by atoms with E-state index in [4.69, 9.17) is 33.2 Å². The smallest absolute Gasteiger partial charge is 0.342 e. The molecule has 0 spiro atoms. The van der Waals surface area contributed by atoms with Crippen molar-refractivity contribution in [3.63, 3.8) is 0 Å². The summed E-state index contributed by atoms with van der Waals surface area (Å²) < 4.78 is 38.6. The highest BCUT2D eigenvalue weighted by Gasteiger charge is 2.58. The van der Waals surface area contributed by atoms with Crippen molar-refractivity contribution in [1.82, 2.24) is 0 Å². The Bertz CT molecular complexity index is 3780. The highest BCUT2D eigenvalue weighted by molar-refractivity contribution is 6.17. The van der Waals surface area contributed by atoms with Crippen LogP contribution in [0, 0.1) is 0 Å². The monoisotopic (exact) mass is 1090 g/mol. The van der Waals surface area contributed by atoms with Gasteiger partial charge >= 0.3 is 35.8 Å². The Hall–Kier alpha value is -10.9. The minimum Gasteiger partial charge on any atom is -0.505 e. The summed E-state index contributed by atoms with van der Waals surface area (Å²) in [5.74, 6) is -34.0. The molecule has 4 aromatic rings. The van der Waals surface area contributed by atoms with Crippen molar-refractivity contribution < 1.29 is 149 Å². The molecule has 402 valence electrons. The summed E-state index contributed by atoms with van der Waals surface area (Å²) in [6, 6.07) is 1.53. The van der Waals surface area contributed by atoms with Gasteiger partial charge in [0.25, 0.3) is 0 Å². The van der Waals surface area contributed by atoms with E-state index in [1.54, 1.807) is 0 Å². The summed E-state index contributed by atoms with van der Waals surface area (Å²) in [5, 5.41) is 189. The fraction of sp³-hybridized carbons (Fsp3) is 0.167. The van der Waals surface area contributed by atoms with Crippen LogP contribution in [-0.2, 0) is 42.7 Å². The van der Waals surface area contributed by atoms with Gasteiger partial charge in [0.05, 0.1) is 27.8 Å². The summed E-state index contributed by atoms with van der Waals surface area (Å²) in [7, 11) is 0. The first-order valence-electron chi connectivity index (χ1n) is 21.9. The van der Waals surface area contributed by atoms with E-state index in [2.05, 4.69) is 0 Å². The quantitative estimate of drug-likeness (QED) is 0.0664.